The molecule has 0 spiro atoms. The number of hydrogen-bond donors (Lipinski definition) is 2. The third-order valence-electron chi connectivity index (χ3n) is 5.16. The van der Waals surface area contributed by atoms with Gasteiger partial charge in [-0.25, -0.2) is 9.37 Å². The summed E-state index contributed by atoms with van der Waals surface area (Å²) in [7, 11) is 1.87. The Morgan fingerprint density at radius 2 is 1.96 bits per heavy atom. The van der Waals surface area contributed by atoms with Gasteiger partial charge in [0.2, 0.25) is 11.9 Å². The van der Waals surface area contributed by atoms with Crippen molar-refractivity contribution >= 4 is 35.1 Å². The minimum absolute atomic E-state index is 0.0444. The second-order valence-corrected chi connectivity index (χ2v) is 8.49. The first-order valence-electron chi connectivity index (χ1n) is 9.02. The quantitative estimate of drug-likeness (QED) is 0.838. The highest BCUT2D eigenvalue weighted by atomic mass is 32.2. The maximum Gasteiger partial charge on any atom is 0.246 e. The van der Waals surface area contributed by atoms with Crippen molar-refractivity contribution in [1.29, 1.82) is 0 Å². The van der Waals surface area contributed by atoms with Crippen molar-refractivity contribution in [2.75, 3.05) is 22.6 Å². The molecule has 0 bridgehead atoms. The number of thioether (sulfide) groups is 1. The van der Waals surface area contributed by atoms with E-state index >= 15 is 0 Å². The summed E-state index contributed by atoms with van der Waals surface area (Å²) >= 11 is 1.78. The molecule has 1 aromatic carbocycles. The molecule has 1 saturated carbocycles. The van der Waals surface area contributed by atoms with Gasteiger partial charge in [0.15, 0.2) is 5.82 Å². The van der Waals surface area contributed by atoms with Gasteiger partial charge in [-0.3, -0.25) is 4.79 Å². The summed E-state index contributed by atoms with van der Waals surface area (Å²) in [6.45, 7) is 3.73. The highest BCUT2D eigenvalue weighted by Gasteiger charge is 2.33. The highest BCUT2D eigenvalue weighted by Crippen LogP contribution is 2.38. The number of carbonyl (C=O) groups is 1. The van der Waals surface area contributed by atoms with Gasteiger partial charge in [0.25, 0.3) is 0 Å². The van der Waals surface area contributed by atoms with Crippen molar-refractivity contribution in [3.05, 3.63) is 35.8 Å². The molecule has 1 amide bonds. The molecule has 2 heterocycles. The van der Waals surface area contributed by atoms with Crippen LogP contribution in [0.15, 0.2) is 29.2 Å². The molecule has 1 atom stereocenters. The fraction of sp³-hybridized carbons (Fsp3) is 0.421. The second-order valence-electron chi connectivity index (χ2n) is 7.11. The minimum atomic E-state index is -0.264. The zero-order valence-corrected chi connectivity index (χ0v) is 16.3. The lowest BCUT2D eigenvalue weighted by Crippen LogP contribution is -2.45. The van der Waals surface area contributed by atoms with E-state index in [1.807, 2.05) is 37.9 Å². The van der Waals surface area contributed by atoms with Gasteiger partial charge in [-0.2, -0.15) is 4.98 Å². The van der Waals surface area contributed by atoms with Crippen molar-refractivity contribution in [2.45, 2.75) is 48.9 Å². The summed E-state index contributed by atoms with van der Waals surface area (Å²) in [5.41, 5.74) is 1.44. The van der Waals surface area contributed by atoms with Gasteiger partial charge in [0.05, 0.1) is 5.69 Å². The molecule has 1 aliphatic carbocycles. The number of hydrogen-bond acceptors (Lipinski definition) is 6. The van der Waals surface area contributed by atoms with Crippen molar-refractivity contribution in [1.82, 2.24) is 9.97 Å². The SMILES string of the molecule is Cc1nc(N[C@H]2C[C@@H](Sc3ccc(F)cc3)C2)nc2c1NC(=O)[C@H](C)N2C. The van der Waals surface area contributed by atoms with Crippen LogP contribution in [0.3, 0.4) is 0 Å². The number of nitrogens with one attached hydrogen (secondary N) is 2. The normalized spacial score (nSPS) is 24.1. The number of halogens is 1. The molecule has 27 heavy (non-hydrogen) atoms. The number of likely N-dealkylation sites (N-methyl/N-ethyl adjacent to an activating group) is 1. The van der Waals surface area contributed by atoms with Crippen molar-refractivity contribution in [3.63, 3.8) is 0 Å². The molecule has 2 N–H and O–H groups in total. The Hall–Kier alpha value is -2.35. The van der Waals surface area contributed by atoms with E-state index in [1.54, 1.807) is 11.8 Å². The van der Waals surface area contributed by atoms with Crippen molar-refractivity contribution in [3.8, 4) is 0 Å². The van der Waals surface area contributed by atoms with Gasteiger partial charge in [-0.05, 0) is 51.0 Å². The number of nitrogens with zero attached hydrogens (tertiary/aromatic N) is 3. The van der Waals surface area contributed by atoms with Crippen LogP contribution >= 0.6 is 11.8 Å². The number of fused-ring (bicyclic) bond motifs is 1. The molecule has 6 nitrogen and oxygen atoms in total. The summed E-state index contributed by atoms with van der Waals surface area (Å²) in [4.78, 5) is 24.1. The first kappa shape index (κ1) is 18.0. The Balaban J connectivity index is 1.39. The lowest BCUT2D eigenvalue weighted by Gasteiger charge is -2.36. The number of aryl methyl sites for hydroxylation is 1. The van der Waals surface area contributed by atoms with Gasteiger partial charge >= 0.3 is 0 Å². The van der Waals surface area contributed by atoms with E-state index in [1.165, 1.54) is 12.1 Å². The summed E-state index contributed by atoms with van der Waals surface area (Å²) in [6, 6.07) is 6.69. The molecule has 4 rings (SSSR count). The largest absolute Gasteiger partial charge is 0.351 e. The first-order chi connectivity index (χ1) is 12.9. The van der Waals surface area contributed by atoms with Gasteiger partial charge in [0.1, 0.15) is 17.5 Å². The number of amides is 1. The third kappa shape index (κ3) is 3.58. The van der Waals surface area contributed by atoms with E-state index in [2.05, 4.69) is 20.6 Å². The molecule has 142 valence electrons. The monoisotopic (exact) mass is 387 g/mol. The van der Waals surface area contributed by atoms with Crippen LogP contribution in [0, 0.1) is 12.7 Å². The topological polar surface area (TPSA) is 70.1 Å². The molecule has 0 saturated heterocycles. The molecule has 8 heteroatoms. The van der Waals surface area contributed by atoms with E-state index in [-0.39, 0.29) is 17.8 Å². The molecule has 2 aromatic rings. The molecular weight excluding hydrogens is 365 g/mol. The highest BCUT2D eigenvalue weighted by molar-refractivity contribution is 8.00. The molecular formula is C19H22FN5OS. The maximum atomic E-state index is 13.0. The Kier molecular flexibility index (Phi) is 4.67. The number of carbonyl (C=O) groups excluding carboxylic acids is 1. The summed E-state index contributed by atoms with van der Waals surface area (Å²) in [6.07, 6.45) is 2.01. The molecule has 2 aliphatic rings. The first-order valence-corrected chi connectivity index (χ1v) is 9.90. The van der Waals surface area contributed by atoms with E-state index < -0.39 is 0 Å². The van der Waals surface area contributed by atoms with Crippen LogP contribution in [-0.2, 0) is 4.79 Å². The molecule has 1 fully saturated rings. The molecule has 0 radical (unpaired) electrons. The standard InChI is InChI=1S/C19H22FN5OS/c1-10-16-17(25(3)11(2)18(26)23-16)24-19(21-10)22-13-8-15(9-13)27-14-6-4-12(20)5-7-14/h4-7,11,13,15H,8-9H2,1-3H3,(H,23,26)(H,21,22,24)/t11-,13-,15+/m0/s1. The van der Waals surface area contributed by atoms with Gasteiger partial charge in [-0.15, -0.1) is 11.8 Å². The smallest absolute Gasteiger partial charge is 0.246 e. The van der Waals surface area contributed by atoms with Crippen LogP contribution in [0.25, 0.3) is 0 Å². The maximum absolute atomic E-state index is 13.0. The van der Waals surface area contributed by atoms with E-state index in [0.717, 1.165) is 29.2 Å². The Bertz CT molecular complexity index is 869. The molecule has 1 aromatic heterocycles. The van der Waals surface area contributed by atoms with Crippen molar-refractivity contribution < 1.29 is 9.18 Å². The summed E-state index contributed by atoms with van der Waals surface area (Å²) < 4.78 is 13.0. The second kappa shape index (κ2) is 6.99. The number of rotatable bonds is 4. The number of benzene rings is 1. The van der Waals surface area contributed by atoms with E-state index in [9.17, 15) is 9.18 Å². The Morgan fingerprint density at radius 3 is 2.67 bits per heavy atom. The average Bonchev–Trinajstić information content (AvgIpc) is 2.61. The molecule has 1 aliphatic heterocycles. The number of anilines is 3. The zero-order chi connectivity index (χ0) is 19.1. The minimum Gasteiger partial charge on any atom is -0.351 e. The summed E-state index contributed by atoms with van der Waals surface area (Å²) in [5, 5.41) is 6.81. The fourth-order valence-electron chi connectivity index (χ4n) is 3.28. The van der Waals surface area contributed by atoms with Crippen LogP contribution in [0.2, 0.25) is 0 Å². The Morgan fingerprint density at radius 1 is 1.26 bits per heavy atom. The van der Waals surface area contributed by atoms with Crippen LogP contribution in [-0.4, -0.2) is 40.3 Å². The third-order valence-corrected chi connectivity index (χ3v) is 6.42. The predicted molar refractivity (Wildman–Crippen MR) is 106 cm³/mol. The van der Waals surface area contributed by atoms with Gasteiger partial charge in [-0.1, -0.05) is 0 Å². The zero-order valence-electron chi connectivity index (χ0n) is 15.5. The lowest BCUT2D eigenvalue weighted by molar-refractivity contribution is -0.117. The van der Waals surface area contributed by atoms with Crippen LogP contribution in [0.5, 0.6) is 0 Å². The van der Waals surface area contributed by atoms with Crippen LogP contribution < -0.4 is 15.5 Å². The van der Waals surface area contributed by atoms with Gasteiger partial charge < -0.3 is 15.5 Å². The van der Waals surface area contributed by atoms with Crippen molar-refractivity contribution in [2.24, 2.45) is 0 Å². The summed E-state index contributed by atoms with van der Waals surface area (Å²) in [5.74, 6) is 1.09. The van der Waals surface area contributed by atoms with Crippen LogP contribution in [0.4, 0.5) is 21.8 Å². The fourth-order valence-corrected chi connectivity index (χ4v) is 4.61. The van der Waals surface area contributed by atoms with Crippen LogP contribution in [0.1, 0.15) is 25.5 Å². The van der Waals surface area contributed by atoms with E-state index in [4.69, 9.17) is 0 Å². The predicted octanol–water partition coefficient (Wildman–Crippen LogP) is 3.44. The van der Waals surface area contributed by atoms with Gasteiger partial charge in [0, 0.05) is 23.2 Å². The van der Waals surface area contributed by atoms with E-state index in [0.29, 0.717) is 22.9 Å². The average molecular weight is 387 g/mol. The Labute approximate surface area is 162 Å². The molecule has 0 unspecified atom stereocenters. The number of aromatic nitrogens is 2. The lowest BCUT2D eigenvalue weighted by atomic mass is 9.92.